The fraction of sp³-hybridized carbons (Fsp3) is 0.369. The first-order valence-electron chi connectivity index (χ1n) is 47.5. The van der Waals surface area contributed by atoms with Crippen LogP contribution in [0.4, 0.5) is 9.59 Å². The first-order valence-corrected chi connectivity index (χ1v) is 48.6. The fourth-order valence-corrected chi connectivity index (χ4v) is 17.2. The smallest absolute Gasteiger partial charge is 0.407 e. The zero-order chi connectivity index (χ0) is 97.8. The molecular weight excluding hydrogens is 1870 g/mol. The quantitative estimate of drug-likeness (QED) is 0.0138. The average molecular weight is 1990 g/mol. The molecule has 5 fully saturated rings. The van der Waals surface area contributed by atoms with E-state index < -0.39 is 170 Å². The van der Waals surface area contributed by atoms with Crippen LogP contribution in [0.2, 0.25) is 0 Å². The first-order chi connectivity index (χ1) is 68.9. The number of unbranched alkanes of at least 4 members (excludes halogenated alkanes) is 2. The number of hydrogen-bond donors (Lipinski definition) is 3. The number of nitrogens with one attached hydrogen (secondary N) is 2. The number of alkyl halides is 3. The van der Waals surface area contributed by atoms with Gasteiger partial charge in [0.25, 0.3) is 0 Å². The molecule has 0 bridgehead atoms. The molecular formula is C111H119Cl3N2O25. The molecule has 5 aliphatic rings. The number of benzene rings is 11. The Kier molecular flexibility index (Phi) is 40.4. The van der Waals surface area contributed by atoms with Crippen molar-refractivity contribution in [3.63, 3.8) is 0 Å². The van der Waals surface area contributed by atoms with Crippen molar-refractivity contribution >= 4 is 58.9 Å². The normalized spacial score (nSPS) is 25.4. The Morgan fingerprint density at radius 2 is 0.780 bits per heavy atom. The van der Waals surface area contributed by atoms with E-state index in [0.29, 0.717) is 19.8 Å². The summed E-state index contributed by atoms with van der Waals surface area (Å²) in [6.07, 6.45) is -20.0. The maximum absolute atomic E-state index is 14.8. The van der Waals surface area contributed by atoms with Crippen LogP contribution in [0.15, 0.2) is 334 Å². The van der Waals surface area contributed by atoms with Gasteiger partial charge in [0.15, 0.2) is 31.3 Å². The van der Waals surface area contributed by atoms with Crippen LogP contribution in [0.5, 0.6) is 0 Å². The van der Waals surface area contributed by atoms with Gasteiger partial charge in [-0.15, -0.1) is 0 Å². The Bertz CT molecular complexity index is 5470. The Morgan fingerprint density at radius 1 is 0.362 bits per heavy atom. The second-order valence-electron chi connectivity index (χ2n) is 34.6. The molecule has 16 rings (SSSR count). The molecule has 11 aromatic rings. The highest BCUT2D eigenvalue weighted by Gasteiger charge is 2.58. The second kappa shape index (κ2) is 54.5. The Hall–Kier alpha value is -10.9. The number of alkyl carbamates (subject to hydrolysis) is 2. The van der Waals surface area contributed by atoms with E-state index in [1.807, 2.05) is 280 Å². The van der Waals surface area contributed by atoms with E-state index in [4.69, 9.17) is 130 Å². The zero-order valence-electron chi connectivity index (χ0n) is 78.3. The van der Waals surface area contributed by atoms with E-state index >= 15 is 0 Å². The van der Waals surface area contributed by atoms with Crippen molar-refractivity contribution in [2.75, 3.05) is 39.6 Å². The zero-order valence-corrected chi connectivity index (χ0v) is 80.5. The summed E-state index contributed by atoms with van der Waals surface area (Å²) in [6.45, 7) is 4.68. The first kappa shape index (κ1) is 104. The Balaban J connectivity index is 0.000000296. The molecule has 3 N–H and O–H groups in total. The van der Waals surface area contributed by atoms with Crippen LogP contribution in [-0.2, 0) is 148 Å². The van der Waals surface area contributed by atoms with Crippen LogP contribution in [0.25, 0.3) is 0 Å². The molecule has 5 heterocycles. The number of fused-ring (bicyclic) bond motifs is 1. The number of hydrogen-bond acceptors (Lipinski definition) is 25. The molecule has 9 unspecified atom stereocenters. The number of aliphatic hydroxyl groups excluding tert-OH is 1. The molecule has 744 valence electrons. The minimum atomic E-state index is -2.02. The van der Waals surface area contributed by atoms with Gasteiger partial charge in [-0.25, -0.2) is 19.2 Å². The van der Waals surface area contributed by atoms with Gasteiger partial charge in [-0.3, -0.25) is 0 Å². The second-order valence-corrected chi connectivity index (χ2v) is 37.1. The third-order valence-electron chi connectivity index (χ3n) is 24.2. The highest BCUT2D eigenvalue weighted by molar-refractivity contribution is 6.67. The summed E-state index contributed by atoms with van der Waals surface area (Å²) in [7, 11) is 0. The van der Waals surface area contributed by atoms with Gasteiger partial charge in [0.1, 0.15) is 99.2 Å². The Labute approximate surface area is 836 Å². The summed E-state index contributed by atoms with van der Waals surface area (Å²) in [6, 6.07) is 102. The highest BCUT2D eigenvalue weighted by Crippen LogP contribution is 2.42. The minimum absolute atomic E-state index is 0.00858. The molecule has 2 amide bonds. The molecule has 141 heavy (non-hydrogen) atoms. The van der Waals surface area contributed by atoms with Gasteiger partial charge in [0.2, 0.25) is 3.79 Å². The molecule has 30 heteroatoms. The predicted molar refractivity (Wildman–Crippen MR) is 523 cm³/mol. The van der Waals surface area contributed by atoms with Gasteiger partial charge < -0.3 is 110 Å². The summed E-state index contributed by atoms with van der Waals surface area (Å²) >= 11 is 18.5. The van der Waals surface area contributed by atoms with E-state index in [2.05, 4.69) is 10.6 Å². The number of esters is 2. The van der Waals surface area contributed by atoms with Crippen molar-refractivity contribution < 1.29 is 119 Å². The van der Waals surface area contributed by atoms with Gasteiger partial charge in [-0.2, -0.15) is 0 Å². The van der Waals surface area contributed by atoms with Gasteiger partial charge in [0.05, 0.1) is 88.8 Å². The van der Waals surface area contributed by atoms with Crippen molar-refractivity contribution in [1.29, 1.82) is 0 Å². The number of carbonyl (C=O) groups is 4. The number of aliphatic hydroxyl groups is 1. The third-order valence-corrected chi connectivity index (χ3v) is 24.5. The van der Waals surface area contributed by atoms with Crippen molar-refractivity contribution in [3.05, 3.63) is 395 Å². The molecule has 5 saturated heterocycles. The lowest BCUT2D eigenvalue weighted by molar-refractivity contribution is -0.389. The van der Waals surface area contributed by atoms with Gasteiger partial charge in [-0.1, -0.05) is 344 Å². The number of amides is 2. The van der Waals surface area contributed by atoms with Crippen molar-refractivity contribution in [3.8, 4) is 0 Å². The largest absolute Gasteiger partial charge is 0.459 e. The topological polar surface area (TPSA) is 297 Å². The van der Waals surface area contributed by atoms with Crippen molar-refractivity contribution in [1.82, 2.24) is 10.6 Å². The van der Waals surface area contributed by atoms with Crippen LogP contribution in [-0.4, -0.2) is 195 Å². The van der Waals surface area contributed by atoms with E-state index in [0.717, 1.165) is 69.3 Å². The lowest BCUT2D eigenvalue weighted by Gasteiger charge is -2.51. The molecule has 0 aliphatic carbocycles. The van der Waals surface area contributed by atoms with Crippen LogP contribution in [0, 0.1) is 0 Å². The molecule has 21 atom stereocenters. The Morgan fingerprint density at radius 3 is 1.28 bits per heavy atom. The van der Waals surface area contributed by atoms with Crippen LogP contribution < -0.4 is 10.6 Å². The van der Waals surface area contributed by atoms with Gasteiger partial charge in [0, 0.05) is 18.7 Å². The summed E-state index contributed by atoms with van der Waals surface area (Å²) < 4.78 is 131. The average Bonchev–Trinajstić information content (AvgIpc) is 0.758. The van der Waals surface area contributed by atoms with E-state index in [1.54, 1.807) is 67.6 Å². The molecule has 5 aliphatic heterocycles. The summed E-state index contributed by atoms with van der Waals surface area (Å²) in [5.74, 6) is -1.51. The number of rotatable bonds is 43. The lowest BCUT2D eigenvalue weighted by atomic mass is 9.92. The predicted octanol–water partition coefficient (Wildman–Crippen LogP) is 18.6. The van der Waals surface area contributed by atoms with Crippen molar-refractivity contribution in [2.45, 2.75) is 219 Å². The number of carbonyl (C=O) groups excluding carboxylic acids is 4. The maximum Gasteiger partial charge on any atom is 0.407 e. The summed E-state index contributed by atoms with van der Waals surface area (Å²) in [5.41, 5.74) is 8.38. The third kappa shape index (κ3) is 31.8. The summed E-state index contributed by atoms with van der Waals surface area (Å²) in [4.78, 5) is 54.9. The molecule has 0 aromatic heterocycles. The van der Waals surface area contributed by atoms with Gasteiger partial charge in [-0.05, 0) is 102 Å². The highest BCUT2D eigenvalue weighted by atomic mass is 35.6. The molecule has 0 saturated carbocycles. The van der Waals surface area contributed by atoms with E-state index in [9.17, 15) is 24.3 Å². The fourth-order valence-electron chi connectivity index (χ4n) is 17.0. The minimum Gasteiger partial charge on any atom is -0.459 e. The maximum atomic E-state index is 14.8. The lowest BCUT2D eigenvalue weighted by Crippen LogP contribution is -2.69. The standard InChI is InChI=1S/C78H80Cl3NO17.C33H39NO8/c1-52-64(82-77(85)93-51-78(79,80)81)68(67(97-74(84)61-41-25-10-26-42-61)63(94-52)50-92-73(83)60-39-23-9-24-40-60)98-76-72(70(90-47-58-35-19-7-20-36-58)66(88-45-56-31-15-5-16-32-56)62(96-76)49-86-43-54-27-11-3-12-28-54)99-75-71(91-48-59-37-21-8-22-38-59)69(89-46-57-33-17-6-18-34-57)65(53(2)95-75)87-44-55-29-13-4-14-30-55;35-28-29-27(23-39-31(42-29)26-17-9-3-10-18-26)41-32(30(28)38-21-24-13-5-1-6-14-24)37-20-12-4-11-19-34-33(36)40-22-25-15-7-2-8-16-25/h3-42,52-53,62-72,75-76H,43-51H2,1-2H3,(H,82,85);1-3,5-10,13-18,27-32,35H,4,11-12,19-23H2,(H,34,36)/t52-,53?,62?,63?,64?,65-,66-,67-,68+,69-,70+,71?,72?,75-,76-;27?,28-,29-,30?,31?,32-/m00/s1. The van der Waals surface area contributed by atoms with E-state index in [1.165, 1.54) is 0 Å². The summed E-state index contributed by atoms with van der Waals surface area (Å²) in [5, 5.41) is 17.0. The van der Waals surface area contributed by atoms with Crippen LogP contribution in [0.1, 0.15) is 110 Å². The SMILES string of the molecule is CC1O[C@@H](OC2[C@H](O[C@@H]3C(NC(=O)OCC(Cl)(Cl)Cl)[C@H](C)OC(COC(=O)c4ccccc4)[C@@H]3OC(=O)c3ccccc3)OC(COCc3ccccc3)[C@H](OCc3ccccc3)[C@H]2OCc2ccccc2)C(OCc2ccccc2)[C@@H](OCc2ccccc2)[C@H]1OCc1ccccc1.O=C(NCCCCCO[C@H]1OC2COC(c3ccccc3)O[C@@H]2[C@H](O)C1OCc1ccccc1)OCc1ccccc1. The van der Waals surface area contributed by atoms with Crippen molar-refractivity contribution in [2.24, 2.45) is 0 Å². The number of ether oxygens (including phenoxy) is 20. The molecule has 0 radical (unpaired) electrons. The molecule has 11 aromatic carbocycles. The number of halogens is 3. The molecule has 27 nitrogen and oxygen atoms in total. The monoisotopic (exact) mass is 1980 g/mol. The van der Waals surface area contributed by atoms with E-state index in [-0.39, 0.29) is 70.6 Å². The van der Waals surface area contributed by atoms with Crippen LogP contribution in [0.3, 0.4) is 0 Å². The van der Waals surface area contributed by atoms with Crippen LogP contribution >= 0.6 is 34.8 Å². The van der Waals surface area contributed by atoms with Gasteiger partial charge >= 0.3 is 24.1 Å². The molecule has 0 spiro atoms.